The van der Waals surface area contributed by atoms with Gasteiger partial charge in [-0.05, 0) is 43.4 Å². The molecule has 0 unspecified atom stereocenters. The number of fused-ring (bicyclic) bond motifs is 1. The Morgan fingerprint density at radius 3 is 2.90 bits per heavy atom. The number of imidazole rings is 1. The van der Waals surface area contributed by atoms with Gasteiger partial charge in [0, 0.05) is 25.0 Å². The minimum Gasteiger partial charge on any atom is -0.313 e. The largest absolute Gasteiger partial charge is 0.313 e. The van der Waals surface area contributed by atoms with Gasteiger partial charge >= 0.3 is 0 Å². The lowest BCUT2D eigenvalue weighted by molar-refractivity contribution is 0.593. The van der Waals surface area contributed by atoms with Crippen LogP contribution in [-0.4, -0.2) is 32.4 Å². The second kappa shape index (κ2) is 7.89. The lowest BCUT2D eigenvalue weighted by Crippen LogP contribution is -2.06. The third-order valence-corrected chi connectivity index (χ3v) is 4.23. The van der Waals surface area contributed by atoms with E-state index in [0.29, 0.717) is 5.88 Å². The van der Waals surface area contributed by atoms with Crippen molar-refractivity contribution >= 4 is 34.5 Å². The molecular formula is C15H22ClN3S. The fourth-order valence-corrected chi connectivity index (χ4v) is 3.02. The zero-order valence-electron chi connectivity index (χ0n) is 12.2. The number of halogens is 1. The molecule has 2 aromatic rings. The SMILES string of the molecule is CSCCCCCn1c(CCCl)nc2cc(C)cnc21. The Morgan fingerprint density at radius 1 is 1.30 bits per heavy atom. The van der Waals surface area contributed by atoms with Gasteiger partial charge in [-0.25, -0.2) is 9.97 Å². The van der Waals surface area contributed by atoms with Crippen LogP contribution in [0.25, 0.3) is 11.2 Å². The van der Waals surface area contributed by atoms with Crippen LogP contribution < -0.4 is 0 Å². The van der Waals surface area contributed by atoms with Crippen molar-refractivity contribution in [3.63, 3.8) is 0 Å². The van der Waals surface area contributed by atoms with Crippen LogP contribution in [0.3, 0.4) is 0 Å². The van der Waals surface area contributed by atoms with Gasteiger partial charge in [0.05, 0.1) is 0 Å². The van der Waals surface area contributed by atoms with Crippen molar-refractivity contribution in [2.45, 2.75) is 39.2 Å². The molecule has 5 heteroatoms. The molecule has 0 bridgehead atoms. The summed E-state index contributed by atoms with van der Waals surface area (Å²) in [6.45, 7) is 3.04. The van der Waals surface area contributed by atoms with E-state index in [-0.39, 0.29) is 0 Å². The third-order valence-electron chi connectivity index (χ3n) is 3.35. The first kappa shape index (κ1) is 15.6. The molecular weight excluding hydrogens is 290 g/mol. The second-order valence-electron chi connectivity index (χ2n) is 5.03. The van der Waals surface area contributed by atoms with Crippen molar-refractivity contribution in [2.24, 2.45) is 0 Å². The Hall–Kier alpha value is -0.740. The smallest absolute Gasteiger partial charge is 0.160 e. The first-order chi connectivity index (χ1) is 9.76. The number of rotatable bonds is 8. The molecule has 0 amide bonds. The molecule has 2 heterocycles. The van der Waals surface area contributed by atoms with Gasteiger partial charge in [0.15, 0.2) is 5.65 Å². The molecule has 0 N–H and O–H groups in total. The molecule has 0 saturated carbocycles. The fourth-order valence-electron chi connectivity index (χ4n) is 2.36. The fraction of sp³-hybridized carbons (Fsp3) is 0.600. The molecule has 0 spiro atoms. The van der Waals surface area contributed by atoms with E-state index in [9.17, 15) is 0 Å². The maximum absolute atomic E-state index is 5.89. The highest BCUT2D eigenvalue weighted by Crippen LogP contribution is 2.17. The van der Waals surface area contributed by atoms with Gasteiger partial charge in [0.2, 0.25) is 0 Å². The Bertz CT molecular complexity index is 553. The minimum atomic E-state index is 0.606. The Balaban J connectivity index is 2.13. The first-order valence-electron chi connectivity index (χ1n) is 7.13. The monoisotopic (exact) mass is 311 g/mol. The second-order valence-corrected chi connectivity index (χ2v) is 6.39. The molecule has 2 rings (SSSR count). The van der Waals surface area contributed by atoms with E-state index in [0.717, 1.165) is 35.5 Å². The van der Waals surface area contributed by atoms with Crippen LogP contribution in [0.5, 0.6) is 0 Å². The van der Waals surface area contributed by atoms with Gasteiger partial charge in [-0.15, -0.1) is 11.6 Å². The molecule has 0 aliphatic rings. The van der Waals surface area contributed by atoms with Gasteiger partial charge in [-0.1, -0.05) is 6.42 Å². The number of hydrogen-bond donors (Lipinski definition) is 0. The van der Waals surface area contributed by atoms with Crippen molar-refractivity contribution in [3.05, 3.63) is 23.7 Å². The number of hydrogen-bond acceptors (Lipinski definition) is 3. The molecule has 0 saturated heterocycles. The van der Waals surface area contributed by atoms with Crippen LogP contribution in [0, 0.1) is 6.92 Å². The molecule has 0 aromatic carbocycles. The van der Waals surface area contributed by atoms with Crippen LogP contribution in [0.15, 0.2) is 12.3 Å². The number of aromatic nitrogens is 3. The first-order valence-corrected chi connectivity index (χ1v) is 9.05. The molecule has 0 aliphatic heterocycles. The zero-order chi connectivity index (χ0) is 14.4. The van der Waals surface area contributed by atoms with Gasteiger partial charge in [-0.3, -0.25) is 0 Å². The van der Waals surface area contributed by atoms with Gasteiger partial charge < -0.3 is 4.57 Å². The summed E-state index contributed by atoms with van der Waals surface area (Å²) in [6, 6.07) is 2.10. The molecule has 0 atom stereocenters. The summed E-state index contributed by atoms with van der Waals surface area (Å²) in [5.74, 6) is 2.92. The number of unbranched alkanes of at least 4 members (excludes halogenated alkanes) is 2. The minimum absolute atomic E-state index is 0.606. The molecule has 0 aliphatic carbocycles. The third kappa shape index (κ3) is 3.89. The summed E-state index contributed by atoms with van der Waals surface area (Å²) in [5, 5.41) is 0. The van der Waals surface area contributed by atoms with Crippen molar-refractivity contribution in [3.8, 4) is 0 Å². The summed E-state index contributed by atoms with van der Waals surface area (Å²) in [7, 11) is 0. The Morgan fingerprint density at radius 2 is 2.15 bits per heavy atom. The van der Waals surface area contributed by atoms with Gasteiger partial charge in [-0.2, -0.15) is 11.8 Å². The molecule has 110 valence electrons. The average Bonchev–Trinajstić information content (AvgIpc) is 2.76. The summed E-state index contributed by atoms with van der Waals surface area (Å²) in [6.07, 6.45) is 8.60. The van der Waals surface area contributed by atoms with E-state index in [1.165, 1.54) is 25.0 Å². The summed E-state index contributed by atoms with van der Waals surface area (Å²) < 4.78 is 2.25. The number of aryl methyl sites for hydroxylation is 3. The maximum Gasteiger partial charge on any atom is 0.160 e. The highest BCUT2D eigenvalue weighted by Gasteiger charge is 2.11. The lowest BCUT2D eigenvalue weighted by Gasteiger charge is -2.07. The average molecular weight is 312 g/mol. The van der Waals surface area contributed by atoms with Crippen LogP contribution in [0.1, 0.15) is 30.7 Å². The Kier molecular flexibility index (Phi) is 6.17. The summed E-state index contributed by atoms with van der Waals surface area (Å²) in [4.78, 5) is 9.24. The highest BCUT2D eigenvalue weighted by molar-refractivity contribution is 7.98. The summed E-state index contributed by atoms with van der Waals surface area (Å²) in [5.41, 5.74) is 3.15. The van der Waals surface area contributed by atoms with E-state index in [1.54, 1.807) is 0 Å². The predicted molar refractivity (Wildman–Crippen MR) is 88.9 cm³/mol. The van der Waals surface area contributed by atoms with Crippen molar-refractivity contribution in [1.82, 2.24) is 14.5 Å². The van der Waals surface area contributed by atoms with Crippen LogP contribution in [-0.2, 0) is 13.0 Å². The standard InChI is InChI=1S/C15H22ClN3S/c1-12-10-13-15(17-11-12)19(14(18-13)6-7-16)8-4-3-5-9-20-2/h10-11H,3-9H2,1-2H3. The number of thioether (sulfide) groups is 1. The molecule has 0 fully saturated rings. The highest BCUT2D eigenvalue weighted by atomic mass is 35.5. The van der Waals surface area contributed by atoms with Gasteiger partial charge in [0.1, 0.15) is 11.3 Å². The zero-order valence-corrected chi connectivity index (χ0v) is 13.8. The number of nitrogens with zero attached hydrogens (tertiary/aromatic N) is 3. The molecule has 3 nitrogen and oxygen atoms in total. The quantitative estimate of drug-likeness (QED) is 0.544. The van der Waals surface area contributed by atoms with Crippen molar-refractivity contribution < 1.29 is 0 Å². The van der Waals surface area contributed by atoms with E-state index < -0.39 is 0 Å². The molecule has 0 radical (unpaired) electrons. The number of pyridine rings is 1. The van der Waals surface area contributed by atoms with E-state index in [1.807, 2.05) is 18.0 Å². The normalized spacial score (nSPS) is 11.3. The predicted octanol–water partition coefficient (Wildman–Crippen LogP) is 4.05. The van der Waals surface area contributed by atoms with Crippen LogP contribution >= 0.6 is 23.4 Å². The van der Waals surface area contributed by atoms with E-state index in [4.69, 9.17) is 16.6 Å². The molecule has 2 aromatic heterocycles. The lowest BCUT2D eigenvalue weighted by atomic mass is 10.2. The molecule has 20 heavy (non-hydrogen) atoms. The maximum atomic E-state index is 5.89. The van der Waals surface area contributed by atoms with E-state index in [2.05, 4.69) is 28.8 Å². The number of alkyl halides is 1. The topological polar surface area (TPSA) is 30.7 Å². The summed E-state index contributed by atoms with van der Waals surface area (Å²) >= 11 is 7.81. The van der Waals surface area contributed by atoms with Crippen LogP contribution in [0.2, 0.25) is 0 Å². The van der Waals surface area contributed by atoms with E-state index >= 15 is 0 Å². The van der Waals surface area contributed by atoms with Crippen LogP contribution in [0.4, 0.5) is 0 Å². The Labute approximate surface area is 130 Å². The van der Waals surface area contributed by atoms with Gasteiger partial charge in [0.25, 0.3) is 0 Å². The van der Waals surface area contributed by atoms with Crippen molar-refractivity contribution in [1.29, 1.82) is 0 Å². The van der Waals surface area contributed by atoms with Crippen molar-refractivity contribution in [2.75, 3.05) is 17.9 Å².